The number of allylic oxidation sites excluding steroid dienone is 2. The fourth-order valence-corrected chi connectivity index (χ4v) is 7.43. The molecule has 0 amide bonds. The van der Waals surface area contributed by atoms with Gasteiger partial charge in [-0.25, -0.2) is 0 Å². The SMILES string of the molecule is CC=C1C(=O)CC2C3CCC4CC(O)C(O)CC4(C)C3CCC12C. The standard InChI is InChI=1S/C21H32O3/c1-4-14-17(22)10-16-13-6-5-12-9-18(23)19(24)11-21(12,3)15(13)7-8-20(14,16)2/h4,12-13,15-16,18-19,23-24H,5-11H2,1-3H3. The minimum Gasteiger partial charge on any atom is -0.390 e. The summed E-state index contributed by atoms with van der Waals surface area (Å²) in [6.07, 6.45) is 7.76. The predicted molar refractivity (Wildman–Crippen MR) is 93.3 cm³/mol. The summed E-state index contributed by atoms with van der Waals surface area (Å²) < 4.78 is 0. The molecule has 3 nitrogen and oxygen atoms in total. The van der Waals surface area contributed by atoms with Crippen molar-refractivity contribution in [1.29, 1.82) is 0 Å². The van der Waals surface area contributed by atoms with E-state index in [2.05, 4.69) is 19.9 Å². The van der Waals surface area contributed by atoms with E-state index in [1.165, 1.54) is 6.42 Å². The highest BCUT2D eigenvalue weighted by atomic mass is 16.3. The average molecular weight is 332 g/mol. The molecule has 0 radical (unpaired) electrons. The Morgan fingerprint density at radius 3 is 2.54 bits per heavy atom. The van der Waals surface area contributed by atoms with Gasteiger partial charge < -0.3 is 10.2 Å². The number of hydrogen-bond acceptors (Lipinski definition) is 3. The van der Waals surface area contributed by atoms with Gasteiger partial charge in [-0.15, -0.1) is 0 Å². The molecular weight excluding hydrogens is 300 g/mol. The highest BCUT2D eigenvalue weighted by Crippen LogP contribution is 2.66. The summed E-state index contributed by atoms with van der Waals surface area (Å²) >= 11 is 0. The molecular formula is C21H32O3. The molecule has 0 bridgehead atoms. The summed E-state index contributed by atoms with van der Waals surface area (Å²) in [6.45, 7) is 6.70. The molecule has 4 rings (SSSR count). The van der Waals surface area contributed by atoms with Gasteiger partial charge in [0.15, 0.2) is 5.78 Å². The predicted octanol–water partition coefficient (Wildman–Crippen LogP) is 3.49. The van der Waals surface area contributed by atoms with Gasteiger partial charge in [0.2, 0.25) is 0 Å². The van der Waals surface area contributed by atoms with Crippen LogP contribution in [0.3, 0.4) is 0 Å². The molecule has 8 atom stereocenters. The summed E-state index contributed by atoms with van der Waals surface area (Å²) in [5, 5.41) is 20.4. The van der Waals surface area contributed by atoms with E-state index < -0.39 is 12.2 Å². The van der Waals surface area contributed by atoms with E-state index in [0.29, 0.717) is 29.5 Å². The Morgan fingerprint density at radius 1 is 1.08 bits per heavy atom. The van der Waals surface area contributed by atoms with Gasteiger partial charge in [0, 0.05) is 6.42 Å². The molecule has 0 aliphatic heterocycles. The molecule has 24 heavy (non-hydrogen) atoms. The number of fused-ring (bicyclic) bond motifs is 5. The second kappa shape index (κ2) is 5.41. The van der Waals surface area contributed by atoms with E-state index in [1.54, 1.807) is 0 Å². The third-order valence-corrected chi connectivity index (χ3v) is 8.68. The molecule has 8 unspecified atom stereocenters. The van der Waals surface area contributed by atoms with E-state index in [1.807, 2.05) is 6.92 Å². The molecule has 4 fully saturated rings. The van der Waals surface area contributed by atoms with Gasteiger partial charge >= 0.3 is 0 Å². The summed E-state index contributed by atoms with van der Waals surface area (Å²) in [5.41, 5.74) is 1.28. The van der Waals surface area contributed by atoms with Crippen molar-refractivity contribution in [2.45, 2.75) is 77.9 Å². The van der Waals surface area contributed by atoms with Crippen LogP contribution in [0, 0.1) is 34.5 Å². The number of ketones is 1. The minimum atomic E-state index is -0.574. The lowest BCUT2D eigenvalue weighted by molar-refractivity contribution is -0.153. The van der Waals surface area contributed by atoms with Crippen molar-refractivity contribution in [3.63, 3.8) is 0 Å². The number of carbonyl (C=O) groups excluding carboxylic acids is 1. The van der Waals surface area contributed by atoms with Crippen LogP contribution < -0.4 is 0 Å². The number of aliphatic hydroxyl groups is 2. The monoisotopic (exact) mass is 332 g/mol. The Hall–Kier alpha value is -0.670. The normalized spacial score (nSPS) is 55.9. The second-order valence-corrected chi connectivity index (χ2v) is 9.52. The van der Waals surface area contributed by atoms with Crippen LogP contribution in [0.2, 0.25) is 0 Å². The largest absolute Gasteiger partial charge is 0.390 e. The molecule has 0 aromatic rings. The van der Waals surface area contributed by atoms with E-state index in [0.717, 1.165) is 44.1 Å². The maximum absolute atomic E-state index is 12.6. The molecule has 0 aromatic carbocycles. The van der Waals surface area contributed by atoms with Crippen molar-refractivity contribution >= 4 is 5.78 Å². The molecule has 0 heterocycles. The van der Waals surface area contributed by atoms with E-state index >= 15 is 0 Å². The van der Waals surface area contributed by atoms with Crippen molar-refractivity contribution in [1.82, 2.24) is 0 Å². The molecule has 3 heteroatoms. The topological polar surface area (TPSA) is 57.5 Å². The highest BCUT2D eigenvalue weighted by Gasteiger charge is 2.61. The zero-order valence-electron chi connectivity index (χ0n) is 15.3. The zero-order valence-corrected chi connectivity index (χ0v) is 15.3. The first-order valence-corrected chi connectivity index (χ1v) is 9.87. The molecule has 4 aliphatic carbocycles. The molecule has 0 aromatic heterocycles. The lowest BCUT2D eigenvalue weighted by Gasteiger charge is -2.60. The Kier molecular flexibility index (Phi) is 3.78. The van der Waals surface area contributed by atoms with Crippen molar-refractivity contribution in [2.24, 2.45) is 34.5 Å². The fourth-order valence-electron chi connectivity index (χ4n) is 7.43. The number of rotatable bonds is 0. The maximum Gasteiger partial charge on any atom is 0.159 e. The van der Waals surface area contributed by atoms with E-state index in [9.17, 15) is 15.0 Å². The van der Waals surface area contributed by atoms with Crippen LogP contribution in [0.4, 0.5) is 0 Å². The van der Waals surface area contributed by atoms with Gasteiger partial charge in [-0.3, -0.25) is 4.79 Å². The Morgan fingerprint density at radius 2 is 1.83 bits per heavy atom. The van der Waals surface area contributed by atoms with Crippen molar-refractivity contribution < 1.29 is 15.0 Å². The van der Waals surface area contributed by atoms with Crippen LogP contribution in [0.15, 0.2) is 11.6 Å². The number of aliphatic hydroxyl groups excluding tert-OH is 2. The first-order chi connectivity index (χ1) is 11.3. The second-order valence-electron chi connectivity index (χ2n) is 9.52. The van der Waals surface area contributed by atoms with Gasteiger partial charge in [0.1, 0.15) is 0 Å². The van der Waals surface area contributed by atoms with E-state index in [4.69, 9.17) is 0 Å². The molecule has 0 spiro atoms. The summed E-state index contributed by atoms with van der Waals surface area (Å²) in [5.74, 6) is 2.59. The summed E-state index contributed by atoms with van der Waals surface area (Å²) in [7, 11) is 0. The Labute approximate surface area is 145 Å². The van der Waals surface area contributed by atoms with Gasteiger partial charge in [-0.2, -0.15) is 0 Å². The number of carbonyl (C=O) groups is 1. The smallest absolute Gasteiger partial charge is 0.159 e. The third-order valence-electron chi connectivity index (χ3n) is 8.68. The number of hydrogen-bond donors (Lipinski definition) is 2. The van der Waals surface area contributed by atoms with E-state index in [-0.39, 0.29) is 10.8 Å². The van der Waals surface area contributed by atoms with Crippen LogP contribution in [0.25, 0.3) is 0 Å². The van der Waals surface area contributed by atoms with Gasteiger partial charge in [0.05, 0.1) is 12.2 Å². The van der Waals surface area contributed by atoms with Crippen LogP contribution >= 0.6 is 0 Å². The van der Waals surface area contributed by atoms with Crippen LogP contribution in [-0.4, -0.2) is 28.2 Å². The molecule has 134 valence electrons. The van der Waals surface area contributed by atoms with Crippen molar-refractivity contribution in [3.8, 4) is 0 Å². The van der Waals surface area contributed by atoms with Crippen molar-refractivity contribution in [2.75, 3.05) is 0 Å². The lowest BCUT2D eigenvalue weighted by atomic mass is 9.45. The van der Waals surface area contributed by atoms with Gasteiger partial charge in [-0.05, 0) is 85.5 Å². The molecule has 0 saturated heterocycles. The van der Waals surface area contributed by atoms with Crippen LogP contribution in [0.1, 0.15) is 65.7 Å². The first kappa shape index (κ1) is 16.8. The molecule has 4 saturated carbocycles. The third kappa shape index (κ3) is 2.07. The van der Waals surface area contributed by atoms with Gasteiger partial charge in [0.25, 0.3) is 0 Å². The summed E-state index contributed by atoms with van der Waals surface area (Å²) in [6, 6.07) is 0. The zero-order chi connectivity index (χ0) is 17.3. The average Bonchev–Trinajstić information content (AvgIpc) is 2.78. The fraction of sp³-hybridized carbons (Fsp3) is 0.857. The van der Waals surface area contributed by atoms with Crippen molar-refractivity contribution in [3.05, 3.63) is 11.6 Å². The lowest BCUT2D eigenvalue weighted by Crippen LogP contribution is -2.56. The molecule has 2 N–H and O–H groups in total. The number of Topliss-reactive ketones (excluding diaryl/α,β-unsaturated/α-hetero) is 1. The maximum atomic E-state index is 12.6. The van der Waals surface area contributed by atoms with Gasteiger partial charge in [-0.1, -0.05) is 19.9 Å². The molecule has 4 aliphatic rings. The van der Waals surface area contributed by atoms with Crippen LogP contribution in [-0.2, 0) is 4.79 Å². The quantitative estimate of drug-likeness (QED) is 0.668. The minimum absolute atomic E-state index is 0.0724. The Bertz CT molecular complexity index is 582. The van der Waals surface area contributed by atoms with Crippen LogP contribution in [0.5, 0.6) is 0 Å². The first-order valence-electron chi connectivity index (χ1n) is 9.87. The summed E-state index contributed by atoms with van der Waals surface area (Å²) in [4.78, 5) is 12.6. The Balaban J connectivity index is 1.67. The highest BCUT2D eigenvalue weighted by molar-refractivity contribution is 5.99.